The Hall–Kier alpha value is -2.98. The normalized spacial score (nSPS) is 12.4. The van der Waals surface area contributed by atoms with E-state index >= 15 is 0 Å². The number of nitrogens with zero attached hydrogens (tertiary/aromatic N) is 3. The molecular formula is C24H26N4. The van der Waals surface area contributed by atoms with Gasteiger partial charge in [-0.1, -0.05) is 61.5 Å². The van der Waals surface area contributed by atoms with Crippen LogP contribution in [0.3, 0.4) is 0 Å². The topological polar surface area (TPSA) is 56.7 Å². The lowest BCUT2D eigenvalue weighted by Crippen LogP contribution is -2.12. The second-order valence-electron chi connectivity index (χ2n) is 7.35. The maximum atomic E-state index is 6.43. The first-order valence-electron chi connectivity index (χ1n) is 9.79. The summed E-state index contributed by atoms with van der Waals surface area (Å²) in [5.41, 5.74) is 14.1. The van der Waals surface area contributed by atoms with E-state index in [1.54, 1.807) is 0 Å². The summed E-state index contributed by atoms with van der Waals surface area (Å²) < 4.78 is 2.24. The van der Waals surface area contributed by atoms with Crippen molar-refractivity contribution in [2.24, 2.45) is 5.73 Å². The van der Waals surface area contributed by atoms with Crippen LogP contribution in [0.5, 0.6) is 0 Å². The number of aromatic nitrogens is 3. The SMILES string of the molecule is CCc1nc2c(C)cc(C)nc2n1Cc1ccc(C(N)c2ccccc2)cc1. The van der Waals surface area contributed by atoms with Gasteiger partial charge in [-0.15, -0.1) is 0 Å². The Bertz CT molecular complexity index is 1100. The molecule has 0 aliphatic heterocycles. The van der Waals surface area contributed by atoms with Crippen molar-refractivity contribution in [3.8, 4) is 0 Å². The minimum atomic E-state index is -0.109. The van der Waals surface area contributed by atoms with Crippen LogP contribution >= 0.6 is 0 Å². The van der Waals surface area contributed by atoms with Crippen LogP contribution in [-0.2, 0) is 13.0 Å². The number of fused-ring (bicyclic) bond motifs is 1. The molecule has 0 spiro atoms. The molecule has 0 saturated heterocycles. The average molecular weight is 371 g/mol. The zero-order valence-corrected chi connectivity index (χ0v) is 16.7. The third-order valence-electron chi connectivity index (χ3n) is 5.26. The van der Waals surface area contributed by atoms with Gasteiger partial charge in [0.1, 0.15) is 11.3 Å². The van der Waals surface area contributed by atoms with E-state index in [4.69, 9.17) is 15.7 Å². The van der Waals surface area contributed by atoms with E-state index in [-0.39, 0.29) is 6.04 Å². The highest BCUT2D eigenvalue weighted by Gasteiger charge is 2.14. The average Bonchev–Trinajstić information content (AvgIpc) is 3.06. The van der Waals surface area contributed by atoms with Crippen LogP contribution in [0.4, 0.5) is 0 Å². The molecule has 0 saturated carbocycles. The summed E-state index contributed by atoms with van der Waals surface area (Å²) >= 11 is 0. The Kier molecular flexibility index (Phi) is 4.97. The Morgan fingerprint density at radius 3 is 2.29 bits per heavy atom. The van der Waals surface area contributed by atoms with Gasteiger partial charge in [-0.05, 0) is 42.2 Å². The van der Waals surface area contributed by atoms with Crippen molar-refractivity contribution in [3.63, 3.8) is 0 Å². The van der Waals surface area contributed by atoms with E-state index in [2.05, 4.69) is 60.9 Å². The van der Waals surface area contributed by atoms with Gasteiger partial charge in [0.2, 0.25) is 0 Å². The number of hydrogen-bond acceptors (Lipinski definition) is 3. The van der Waals surface area contributed by atoms with E-state index in [9.17, 15) is 0 Å². The van der Waals surface area contributed by atoms with Gasteiger partial charge in [0.25, 0.3) is 0 Å². The lowest BCUT2D eigenvalue weighted by molar-refractivity contribution is 0.744. The van der Waals surface area contributed by atoms with Crippen molar-refractivity contribution < 1.29 is 0 Å². The van der Waals surface area contributed by atoms with Crippen LogP contribution in [0.25, 0.3) is 11.2 Å². The Labute approximate surface area is 166 Å². The third kappa shape index (κ3) is 3.43. The van der Waals surface area contributed by atoms with Gasteiger partial charge in [-0.25, -0.2) is 9.97 Å². The lowest BCUT2D eigenvalue weighted by atomic mass is 9.98. The van der Waals surface area contributed by atoms with Crippen molar-refractivity contribution in [1.82, 2.24) is 14.5 Å². The molecule has 1 atom stereocenters. The van der Waals surface area contributed by atoms with Gasteiger partial charge in [0.05, 0.1) is 12.6 Å². The van der Waals surface area contributed by atoms with E-state index < -0.39 is 0 Å². The van der Waals surface area contributed by atoms with Gasteiger partial charge in [0.15, 0.2) is 5.65 Å². The zero-order valence-electron chi connectivity index (χ0n) is 16.7. The molecule has 142 valence electrons. The van der Waals surface area contributed by atoms with Gasteiger partial charge in [-0.2, -0.15) is 0 Å². The predicted molar refractivity (Wildman–Crippen MR) is 114 cm³/mol. The monoisotopic (exact) mass is 370 g/mol. The van der Waals surface area contributed by atoms with Crippen LogP contribution in [0, 0.1) is 13.8 Å². The Morgan fingerprint density at radius 1 is 0.929 bits per heavy atom. The number of benzene rings is 2. The molecule has 2 aromatic carbocycles. The maximum Gasteiger partial charge on any atom is 0.160 e. The molecule has 4 aromatic rings. The number of hydrogen-bond donors (Lipinski definition) is 1. The fourth-order valence-electron chi connectivity index (χ4n) is 3.75. The second-order valence-corrected chi connectivity index (χ2v) is 7.35. The highest BCUT2D eigenvalue weighted by atomic mass is 15.1. The van der Waals surface area contributed by atoms with Gasteiger partial charge in [0, 0.05) is 12.1 Å². The molecule has 0 radical (unpaired) electrons. The zero-order chi connectivity index (χ0) is 19.7. The molecule has 4 rings (SSSR count). The molecule has 2 heterocycles. The number of aryl methyl sites for hydroxylation is 3. The molecule has 0 amide bonds. The Balaban J connectivity index is 1.65. The summed E-state index contributed by atoms with van der Waals surface area (Å²) in [7, 11) is 0. The summed E-state index contributed by atoms with van der Waals surface area (Å²) in [6.07, 6.45) is 0.881. The van der Waals surface area contributed by atoms with Crippen LogP contribution in [0.1, 0.15) is 46.7 Å². The molecule has 4 nitrogen and oxygen atoms in total. The predicted octanol–water partition coefficient (Wildman–Crippen LogP) is 4.71. The van der Waals surface area contributed by atoms with Crippen molar-refractivity contribution in [1.29, 1.82) is 0 Å². The first kappa shape index (κ1) is 18.4. The van der Waals surface area contributed by atoms with E-state index in [1.807, 2.05) is 25.1 Å². The molecule has 2 N–H and O–H groups in total. The summed E-state index contributed by atoms with van der Waals surface area (Å²) in [5.74, 6) is 1.07. The van der Waals surface area contributed by atoms with Crippen LogP contribution in [-0.4, -0.2) is 14.5 Å². The molecule has 28 heavy (non-hydrogen) atoms. The second kappa shape index (κ2) is 7.56. The molecule has 4 heteroatoms. The summed E-state index contributed by atoms with van der Waals surface area (Å²) in [4.78, 5) is 9.60. The maximum absolute atomic E-state index is 6.43. The summed E-state index contributed by atoms with van der Waals surface area (Å²) in [6, 6.07) is 20.8. The van der Waals surface area contributed by atoms with Crippen molar-refractivity contribution in [2.45, 2.75) is 39.8 Å². The fraction of sp³-hybridized carbons (Fsp3) is 0.250. The Morgan fingerprint density at radius 2 is 1.61 bits per heavy atom. The molecule has 2 aromatic heterocycles. The smallest absolute Gasteiger partial charge is 0.160 e. The molecule has 0 aliphatic rings. The summed E-state index contributed by atoms with van der Waals surface area (Å²) in [6.45, 7) is 7.04. The summed E-state index contributed by atoms with van der Waals surface area (Å²) in [5, 5.41) is 0. The molecular weight excluding hydrogens is 344 g/mol. The minimum absolute atomic E-state index is 0.109. The highest BCUT2D eigenvalue weighted by molar-refractivity contribution is 5.76. The van der Waals surface area contributed by atoms with E-state index in [0.717, 1.165) is 46.8 Å². The van der Waals surface area contributed by atoms with Gasteiger partial charge >= 0.3 is 0 Å². The minimum Gasteiger partial charge on any atom is -0.320 e. The number of nitrogens with two attached hydrogens (primary N) is 1. The van der Waals surface area contributed by atoms with Crippen LogP contribution in [0.15, 0.2) is 60.7 Å². The third-order valence-corrected chi connectivity index (χ3v) is 5.26. The highest BCUT2D eigenvalue weighted by Crippen LogP contribution is 2.23. The standard InChI is InChI=1S/C24H26N4/c1-4-21-27-23-16(2)14-17(3)26-24(23)28(21)15-18-10-12-20(13-11-18)22(25)19-8-6-5-7-9-19/h5-14,22H,4,15,25H2,1-3H3. The largest absolute Gasteiger partial charge is 0.320 e. The first-order valence-corrected chi connectivity index (χ1v) is 9.79. The van der Waals surface area contributed by atoms with Gasteiger partial charge < -0.3 is 10.3 Å². The van der Waals surface area contributed by atoms with E-state index in [1.165, 1.54) is 11.1 Å². The van der Waals surface area contributed by atoms with Crippen molar-refractivity contribution in [3.05, 3.63) is 94.4 Å². The van der Waals surface area contributed by atoms with Gasteiger partial charge in [-0.3, -0.25) is 0 Å². The molecule has 1 unspecified atom stereocenters. The van der Waals surface area contributed by atoms with Crippen LogP contribution < -0.4 is 5.73 Å². The first-order chi connectivity index (χ1) is 13.6. The van der Waals surface area contributed by atoms with Crippen LogP contribution in [0.2, 0.25) is 0 Å². The molecule has 0 aliphatic carbocycles. The van der Waals surface area contributed by atoms with E-state index in [0.29, 0.717) is 0 Å². The van der Waals surface area contributed by atoms with Crippen molar-refractivity contribution in [2.75, 3.05) is 0 Å². The quantitative estimate of drug-likeness (QED) is 0.554. The van der Waals surface area contributed by atoms with Crippen molar-refractivity contribution >= 4 is 11.2 Å². The number of pyridine rings is 1. The fourth-order valence-corrected chi connectivity index (χ4v) is 3.75. The lowest BCUT2D eigenvalue weighted by Gasteiger charge is -2.14. The number of rotatable bonds is 5. The molecule has 0 bridgehead atoms. The number of imidazole rings is 1. The molecule has 0 fully saturated rings.